The van der Waals surface area contributed by atoms with Crippen molar-refractivity contribution in [3.63, 3.8) is 0 Å². The van der Waals surface area contributed by atoms with Crippen LogP contribution in [0.5, 0.6) is 0 Å². The summed E-state index contributed by atoms with van der Waals surface area (Å²) in [5, 5.41) is 11.6. The number of anilines is 1. The summed E-state index contributed by atoms with van der Waals surface area (Å²) in [6.07, 6.45) is 4.15. The van der Waals surface area contributed by atoms with E-state index >= 15 is 0 Å². The van der Waals surface area contributed by atoms with E-state index in [0.29, 0.717) is 25.1 Å². The first-order valence-corrected chi connectivity index (χ1v) is 9.32. The Morgan fingerprint density at radius 1 is 1.12 bits per heavy atom. The highest BCUT2D eigenvalue weighted by atomic mass is 16.5. The average molecular weight is 356 g/mol. The molecule has 1 amide bonds. The molecule has 2 aromatic rings. The van der Waals surface area contributed by atoms with Crippen molar-refractivity contribution in [2.24, 2.45) is 5.92 Å². The second kappa shape index (κ2) is 7.86. The molecule has 1 aromatic carbocycles. The third-order valence-electron chi connectivity index (χ3n) is 5.10. The van der Waals surface area contributed by atoms with Gasteiger partial charge in [0.25, 0.3) is 0 Å². The third kappa shape index (κ3) is 3.72. The Hall–Kier alpha value is -2.41. The van der Waals surface area contributed by atoms with Gasteiger partial charge in [0.05, 0.1) is 13.2 Å². The maximum absolute atomic E-state index is 12.7. The Balaban J connectivity index is 1.56. The minimum atomic E-state index is -0.424. The Morgan fingerprint density at radius 2 is 1.85 bits per heavy atom. The molecule has 1 aromatic heterocycles. The van der Waals surface area contributed by atoms with Gasteiger partial charge in [-0.3, -0.25) is 4.79 Å². The van der Waals surface area contributed by atoms with Crippen LogP contribution in [0.4, 0.5) is 6.01 Å². The van der Waals surface area contributed by atoms with Gasteiger partial charge < -0.3 is 19.4 Å². The predicted molar refractivity (Wildman–Crippen MR) is 95.7 cm³/mol. The summed E-state index contributed by atoms with van der Waals surface area (Å²) in [6, 6.07) is 9.85. The first-order valence-electron chi connectivity index (χ1n) is 9.32. The molecule has 1 aliphatic carbocycles. The van der Waals surface area contributed by atoms with E-state index in [2.05, 4.69) is 15.5 Å². The van der Waals surface area contributed by atoms with Crippen molar-refractivity contribution < 1.29 is 13.9 Å². The lowest BCUT2D eigenvalue weighted by Gasteiger charge is -2.24. The Morgan fingerprint density at radius 3 is 2.58 bits per heavy atom. The van der Waals surface area contributed by atoms with Crippen LogP contribution < -0.4 is 10.2 Å². The highest BCUT2D eigenvalue weighted by molar-refractivity contribution is 5.79. The number of carbonyl (C=O) groups is 1. The number of hydrogen-bond acceptors (Lipinski definition) is 6. The smallest absolute Gasteiger partial charge is 0.318 e. The van der Waals surface area contributed by atoms with Crippen LogP contribution in [-0.4, -0.2) is 42.4 Å². The van der Waals surface area contributed by atoms with Crippen molar-refractivity contribution >= 4 is 11.9 Å². The van der Waals surface area contributed by atoms with Crippen LogP contribution in [-0.2, 0) is 9.53 Å². The van der Waals surface area contributed by atoms with Crippen molar-refractivity contribution in [1.82, 2.24) is 15.5 Å². The number of nitrogens with one attached hydrogen (secondary N) is 1. The molecule has 1 N–H and O–H groups in total. The van der Waals surface area contributed by atoms with Crippen molar-refractivity contribution in [2.45, 2.75) is 31.7 Å². The molecule has 0 radical (unpaired) electrons. The summed E-state index contributed by atoms with van der Waals surface area (Å²) in [4.78, 5) is 14.7. The number of rotatable bonds is 5. The summed E-state index contributed by atoms with van der Waals surface area (Å²) >= 11 is 0. The first-order chi connectivity index (χ1) is 12.8. The lowest BCUT2D eigenvalue weighted by molar-refractivity contribution is -0.125. The van der Waals surface area contributed by atoms with Crippen LogP contribution >= 0.6 is 0 Å². The molecule has 0 spiro atoms. The van der Waals surface area contributed by atoms with Gasteiger partial charge in [0, 0.05) is 19.0 Å². The van der Waals surface area contributed by atoms with Gasteiger partial charge in [0.1, 0.15) is 6.04 Å². The van der Waals surface area contributed by atoms with Crippen LogP contribution in [0.2, 0.25) is 0 Å². The minimum absolute atomic E-state index is 0.0717. The van der Waals surface area contributed by atoms with Gasteiger partial charge in [-0.05, 0) is 18.4 Å². The minimum Gasteiger partial charge on any atom is -0.405 e. The number of morpholine rings is 1. The molecule has 7 nitrogen and oxygen atoms in total. The quantitative estimate of drug-likeness (QED) is 0.885. The lowest BCUT2D eigenvalue weighted by Crippen LogP contribution is -2.36. The molecule has 4 rings (SSSR count). The molecule has 1 aliphatic heterocycles. The van der Waals surface area contributed by atoms with Crippen LogP contribution in [0.15, 0.2) is 34.7 Å². The highest BCUT2D eigenvalue weighted by Crippen LogP contribution is 2.28. The average Bonchev–Trinajstić information content (AvgIpc) is 3.39. The monoisotopic (exact) mass is 356 g/mol. The Kier molecular flexibility index (Phi) is 5.15. The Bertz CT molecular complexity index is 721. The van der Waals surface area contributed by atoms with Crippen LogP contribution in [0.3, 0.4) is 0 Å². The number of hydrogen-bond donors (Lipinski definition) is 1. The van der Waals surface area contributed by atoms with Crippen LogP contribution in [0.25, 0.3) is 0 Å². The van der Waals surface area contributed by atoms with Crippen molar-refractivity contribution in [1.29, 1.82) is 0 Å². The summed E-state index contributed by atoms with van der Waals surface area (Å²) in [5.74, 6) is 0.578. The van der Waals surface area contributed by atoms with Crippen molar-refractivity contribution in [3.05, 3.63) is 41.8 Å². The van der Waals surface area contributed by atoms with E-state index in [1.807, 2.05) is 35.2 Å². The van der Waals surface area contributed by atoms with Crippen LogP contribution in [0.1, 0.15) is 43.2 Å². The maximum atomic E-state index is 12.7. The number of amides is 1. The molecule has 2 aliphatic rings. The largest absolute Gasteiger partial charge is 0.405 e. The zero-order valence-corrected chi connectivity index (χ0v) is 14.8. The van der Waals surface area contributed by atoms with Gasteiger partial charge in [0.15, 0.2) is 0 Å². The third-order valence-corrected chi connectivity index (χ3v) is 5.10. The van der Waals surface area contributed by atoms with Gasteiger partial charge in [-0.25, -0.2) is 0 Å². The van der Waals surface area contributed by atoms with E-state index in [-0.39, 0.29) is 11.8 Å². The highest BCUT2D eigenvalue weighted by Gasteiger charge is 2.29. The zero-order chi connectivity index (χ0) is 17.8. The number of benzene rings is 1. The number of carbonyl (C=O) groups excluding carboxylic acids is 1. The van der Waals surface area contributed by atoms with Gasteiger partial charge in [-0.2, -0.15) is 0 Å². The van der Waals surface area contributed by atoms with E-state index in [4.69, 9.17) is 9.15 Å². The zero-order valence-electron chi connectivity index (χ0n) is 14.8. The predicted octanol–water partition coefficient (Wildman–Crippen LogP) is 2.30. The maximum Gasteiger partial charge on any atom is 0.318 e. The van der Waals surface area contributed by atoms with E-state index in [1.54, 1.807) is 0 Å². The number of nitrogens with zero attached hydrogens (tertiary/aromatic N) is 3. The van der Waals surface area contributed by atoms with E-state index in [9.17, 15) is 4.79 Å². The van der Waals surface area contributed by atoms with E-state index in [1.165, 1.54) is 0 Å². The van der Waals surface area contributed by atoms with Crippen LogP contribution in [0, 0.1) is 5.92 Å². The second-order valence-electron chi connectivity index (χ2n) is 6.86. The van der Waals surface area contributed by atoms with Gasteiger partial charge in [0.2, 0.25) is 11.8 Å². The summed E-state index contributed by atoms with van der Waals surface area (Å²) in [5.41, 5.74) is 0.941. The Labute approximate surface area is 152 Å². The topological polar surface area (TPSA) is 80.5 Å². The van der Waals surface area contributed by atoms with Crippen molar-refractivity contribution in [2.75, 3.05) is 31.2 Å². The second-order valence-corrected chi connectivity index (χ2v) is 6.86. The fourth-order valence-corrected chi connectivity index (χ4v) is 3.61. The van der Waals surface area contributed by atoms with Gasteiger partial charge >= 0.3 is 6.01 Å². The number of ether oxygens (including phenoxy) is 1. The molecular formula is C19H24N4O3. The molecule has 0 unspecified atom stereocenters. The first kappa shape index (κ1) is 17.0. The van der Waals surface area contributed by atoms with E-state index in [0.717, 1.165) is 44.3 Å². The fourth-order valence-electron chi connectivity index (χ4n) is 3.61. The van der Waals surface area contributed by atoms with Crippen molar-refractivity contribution in [3.8, 4) is 0 Å². The van der Waals surface area contributed by atoms with Gasteiger partial charge in [-0.15, -0.1) is 5.10 Å². The molecule has 26 heavy (non-hydrogen) atoms. The summed E-state index contributed by atoms with van der Waals surface area (Å²) < 4.78 is 11.3. The molecule has 2 fully saturated rings. The lowest BCUT2D eigenvalue weighted by atomic mass is 10.0. The molecule has 1 atom stereocenters. The number of aromatic nitrogens is 2. The fraction of sp³-hybridized carbons (Fsp3) is 0.526. The standard InChI is InChI=1S/C19H24N4O3/c24-17(15-8-4-5-9-15)20-16(14-6-2-1-3-7-14)18-21-22-19(26-18)23-10-12-25-13-11-23/h1-3,6-7,15-16H,4-5,8-13H2,(H,20,24)/t16-/m1/s1. The molecule has 1 saturated carbocycles. The van der Waals surface area contributed by atoms with Gasteiger partial charge in [-0.1, -0.05) is 48.3 Å². The molecule has 2 heterocycles. The normalized spacial score (nSPS) is 19.5. The SMILES string of the molecule is O=C(N[C@H](c1ccccc1)c1nnc(N2CCOCC2)o1)C1CCCC1. The molecule has 0 bridgehead atoms. The van der Waals surface area contributed by atoms with E-state index < -0.39 is 6.04 Å². The summed E-state index contributed by atoms with van der Waals surface area (Å²) in [6.45, 7) is 2.76. The molecular weight excluding hydrogens is 332 g/mol. The molecule has 1 saturated heterocycles. The molecule has 7 heteroatoms. The summed E-state index contributed by atoms with van der Waals surface area (Å²) in [7, 11) is 0. The molecule has 138 valence electrons.